The predicted octanol–water partition coefficient (Wildman–Crippen LogP) is 2.09. The molecular formula is C17H18FN5O3. The number of rotatable bonds is 6. The Labute approximate surface area is 149 Å². The number of carbonyl (C=O) groups is 1. The maximum atomic E-state index is 14.6. The molecule has 1 aliphatic heterocycles. The number of anilines is 1. The van der Waals surface area contributed by atoms with E-state index in [1.165, 1.54) is 6.07 Å². The highest BCUT2D eigenvalue weighted by atomic mass is 19.1. The van der Waals surface area contributed by atoms with Crippen LogP contribution >= 0.6 is 0 Å². The number of oxime groups is 1. The number of hydrogen-bond donors (Lipinski definition) is 1. The van der Waals surface area contributed by atoms with Crippen molar-refractivity contribution in [3.05, 3.63) is 42.0 Å². The van der Waals surface area contributed by atoms with Crippen LogP contribution in [0.25, 0.3) is 11.1 Å². The molecule has 0 bridgehead atoms. The van der Waals surface area contributed by atoms with Gasteiger partial charge in [0.05, 0.1) is 18.8 Å². The van der Waals surface area contributed by atoms with Crippen LogP contribution in [0.15, 0.2) is 35.7 Å². The summed E-state index contributed by atoms with van der Waals surface area (Å²) in [7, 11) is 0. The maximum absolute atomic E-state index is 14.6. The molecule has 0 saturated carbocycles. The third-order valence-corrected chi connectivity index (χ3v) is 3.75. The molecule has 136 valence electrons. The molecule has 0 atom stereocenters. The number of benzene rings is 1. The summed E-state index contributed by atoms with van der Waals surface area (Å²) in [6.07, 6.45) is 2.15. The summed E-state index contributed by atoms with van der Waals surface area (Å²) in [6, 6.07) is 4.80. The van der Waals surface area contributed by atoms with E-state index in [-0.39, 0.29) is 12.2 Å². The number of halogens is 1. The van der Waals surface area contributed by atoms with Crippen molar-refractivity contribution in [2.45, 2.75) is 13.5 Å². The van der Waals surface area contributed by atoms with E-state index in [0.717, 1.165) is 5.71 Å². The van der Waals surface area contributed by atoms with Crippen molar-refractivity contribution in [1.82, 2.24) is 9.97 Å². The van der Waals surface area contributed by atoms with Crippen molar-refractivity contribution < 1.29 is 18.8 Å². The van der Waals surface area contributed by atoms with Gasteiger partial charge in [-0.05, 0) is 6.92 Å². The Bertz CT molecular complexity index is 818. The van der Waals surface area contributed by atoms with Crippen LogP contribution in [-0.4, -0.2) is 41.5 Å². The Morgan fingerprint density at radius 1 is 1.35 bits per heavy atom. The molecule has 2 N–H and O–H groups in total. The van der Waals surface area contributed by atoms with Crippen LogP contribution in [0.1, 0.15) is 12.5 Å². The van der Waals surface area contributed by atoms with Crippen molar-refractivity contribution in [1.29, 1.82) is 0 Å². The molecule has 1 fully saturated rings. The van der Waals surface area contributed by atoms with Crippen LogP contribution in [0.5, 0.6) is 0 Å². The van der Waals surface area contributed by atoms with E-state index >= 15 is 0 Å². The Morgan fingerprint density at radius 3 is 2.73 bits per heavy atom. The molecule has 0 radical (unpaired) electrons. The van der Waals surface area contributed by atoms with Crippen LogP contribution in [0, 0.1) is 5.82 Å². The van der Waals surface area contributed by atoms with E-state index in [1.54, 1.807) is 24.5 Å². The highest BCUT2D eigenvalue weighted by Gasteiger charge is 2.25. The first-order chi connectivity index (χ1) is 12.6. The van der Waals surface area contributed by atoms with E-state index in [1.807, 2.05) is 11.8 Å². The standard InChI is InChI=1S/C17H18FN5O3/c1-2-26-22-13-8-23(9-13)17-20-6-12(7-21-17)14-5-3-4-11(15(14)18)10-25-16(19)24/h3-7H,2,8-10H2,1H3,(H2,19,24). The zero-order chi connectivity index (χ0) is 18.5. The minimum absolute atomic E-state index is 0.227. The number of nitrogens with zero attached hydrogens (tertiary/aromatic N) is 4. The average molecular weight is 359 g/mol. The van der Waals surface area contributed by atoms with Crippen molar-refractivity contribution in [3.63, 3.8) is 0 Å². The molecule has 1 saturated heterocycles. The van der Waals surface area contributed by atoms with Gasteiger partial charge in [0, 0.05) is 29.1 Å². The largest absolute Gasteiger partial charge is 0.445 e. The number of aromatic nitrogens is 2. The molecule has 26 heavy (non-hydrogen) atoms. The molecule has 1 aromatic heterocycles. The lowest BCUT2D eigenvalue weighted by Gasteiger charge is -2.31. The molecule has 2 aromatic rings. The molecule has 1 aliphatic rings. The van der Waals surface area contributed by atoms with Crippen LogP contribution in [0.2, 0.25) is 0 Å². The third kappa shape index (κ3) is 3.88. The van der Waals surface area contributed by atoms with Gasteiger partial charge >= 0.3 is 6.09 Å². The Balaban J connectivity index is 1.71. The predicted molar refractivity (Wildman–Crippen MR) is 93.1 cm³/mol. The first kappa shape index (κ1) is 17.6. The molecular weight excluding hydrogens is 341 g/mol. The second-order valence-corrected chi connectivity index (χ2v) is 5.59. The van der Waals surface area contributed by atoms with E-state index in [2.05, 4.69) is 19.9 Å². The van der Waals surface area contributed by atoms with Crippen LogP contribution < -0.4 is 10.6 Å². The third-order valence-electron chi connectivity index (χ3n) is 3.75. The number of ether oxygens (including phenoxy) is 1. The molecule has 1 aromatic carbocycles. The summed E-state index contributed by atoms with van der Waals surface area (Å²) >= 11 is 0. The monoisotopic (exact) mass is 359 g/mol. The molecule has 9 heteroatoms. The molecule has 0 unspecified atom stereocenters. The lowest BCUT2D eigenvalue weighted by molar-refractivity contribution is 0.149. The minimum atomic E-state index is -0.954. The van der Waals surface area contributed by atoms with E-state index in [0.29, 0.717) is 36.8 Å². The Morgan fingerprint density at radius 2 is 2.08 bits per heavy atom. The van der Waals surface area contributed by atoms with Gasteiger partial charge in [-0.2, -0.15) is 0 Å². The van der Waals surface area contributed by atoms with Crippen molar-refractivity contribution in [3.8, 4) is 11.1 Å². The smallest absolute Gasteiger partial charge is 0.404 e. The zero-order valence-electron chi connectivity index (χ0n) is 14.2. The van der Waals surface area contributed by atoms with Crippen LogP contribution in [-0.2, 0) is 16.2 Å². The summed E-state index contributed by atoms with van der Waals surface area (Å²) in [5, 5.41) is 3.97. The van der Waals surface area contributed by atoms with Gasteiger partial charge in [-0.3, -0.25) is 0 Å². The van der Waals surface area contributed by atoms with E-state index in [9.17, 15) is 9.18 Å². The summed E-state index contributed by atoms with van der Waals surface area (Å²) < 4.78 is 19.2. The van der Waals surface area contributed by atoms with E-state index in [4.69, 9.17) is 10.6 Å². The van der Waals surface area contributed by atoms with Gasteiger partial charge in [0.15, 0.2) is 0 Å². The fourth-order valence-electron chi connectivity index (χ4n) is 2.44. The van der Waals surface area contributed by atoms with Gasteiger partial charge in [0.1, 0.15) is 19.0 Å². The number of carbonyl (C=O) groups excluding carboxylic acids is 1. The minimum Gasteiger partial charge on any atom is -0.445 e. The number of nitrogens with two attached hydrogens (primary N) is 1. The molecule has 0 aliphatic carbocycles. The van der Waals surface area contributed by atoms with Gasteiger partial charge in [-0.15, -0.1) is 0 Å². The fourth-order valence-corrected chi connectivity index (χ4v) is 2.44. The van der Waals surface area contributed by atoms with Crippen molar-refractivity contribution in [2.75, 3.05) is 24.6 Å². The Kier molecular flexibility index (Phi) is 5.26. The van der Waals surface area contributed by atoms with Crippen molar-refractivity contribution in [2.24, 2.45) is 10.9 Å². The Hall–Kier alpha value is -3.23. The summed E-state index contributed by atoms with van der Waals surface area (Å²) in [4.78, 5) is 26.2. The first-order valence-electron chi connectivity index (χ1n) is 8.03. The molecule has 0 spiro atoms. The topological polar surface area (TPSA) is 103 Å². The second-order valence-electron chi connectivity index (χ2n) is 5.59. The number of primary amides is 1. The maximum Gasteiger partial charge on any atom is 0.404 e. The zero-order valence-corrected chi connectivity index (χ0v) is 14.2. The van der Waals surface area contributed by atoms with Gasteiger partial charge in [-0.25, -0.2) is 19.2 Å². The lowest BCUT2D eigenvalue weighted by Crippen LogP contribution is -2.48. The number of amides is 1. The highest BCUT2D eigenvalue weighted by Crippen LogP contribution is 2.25. The van der Waals surface area contributed by atoms with Crippen LogP contribution in [0.4, 0.5) is 15.1 Å². The SMILES string of the molecule is CCON=C1CN(c2ncc(-c3cccc(COC(N)=O)c3F)cn2)C1. The molecule has 2 heterocycles. The first-order valence-corrected chi connectivity index (χ1v) is 8.03. The summed E-state index contributed by atoms with van der Waals surface area (Å²) in [6.45, 7) is 3.38. The van der Waals surface area contributed by atoms with Gasteiger partial charge in [0.2, 0.25) is 5.95 Å². The summed E-state index contributed by atoms with van der Waals surface area (Å²) in [5.41, 5.74) is 6.91. The average Bonchev–Trinajstić information content (AvgIpc) is 2.60. The normalized spacial score (nSPS) is 13.2. The number of hydrogen-bond acceptors (Lipinski definition) is 7. The second kappa shape index (κ2) is 7.77. The van der Waals surface area contributed by atoms with Crippen LogP contribution in [0.3, 0.4) is 0 Å². The molecule has 1 amide bonds. The summed E-state index contributed by atoms with van der Waals surface area (Å²) in [5.74, 6) is 0.0398. The molecule has 3 rings (SSSR count). The quantitative estimate of drug-likeness (QED) is 0.792. The lowest BCUT2D eigenvalue weighted by atomic mass is 10.1. The van der Waals surface area contributed by atoms with Gasteiger partial charge in [-0.1, -0.05) is 23.4 Å². The highest BCUT2D eigenvalue weighted by molar-refractivity contribution is 5.98. The van der Waals surface area contributed by atoms with E-state index < -0.39 is 11.9 Å². The van der Waals surface area contributed by atoms with Crippen molar-refractivity contribution >= 4 is 17.8 Å². The van der Waals surface area contributed by atoms with Gasteiger partial charge in [0.25, 0.3) is 0 Å². The fraction of sp³-hybridized carbons (Fsp3) is 0.294. The van der Waals surface area contributed by atoms with Gasteiger partial charge < -0.3 is 20.2 Å². The molecule has 8 nitrogen and oxygen atoms in total.